The molecule has 0 aromatic carbocycles. The van der Waals surface area contributed by atoms with Crippen molar-refractivity contribution < 1.29 is 25.8 Å². The van der Waals surface area contributed by atoms with Gasteiger partial charge in [-0.15, -0.1) is 5.10 Å². The van der Waals surface area contributed by atoms with Crippen LogP contribution in [0.15, 0.2) is 0 Å². The Hall–Kier alpha value is -1.29. The highest BCUT2D eigenvalue weighted by Crippen LogP contribution is 2.29. The highest BCUT2D eigenvalue weighted by molar-refractivity contribution is 7.87. The van der Waals surface area contributed by atoms with Crippen LogP contribution in [-0.4, -0.2) is 30.7 Å². The Kier molecular flexibility index (Phi) is 2.78. The van der Waals surface area contributed by atoms with Crippen LogP contribution >= 0.6 is 0 Å². The molecule has 1 aliphatic heterocycles. The smallest absolute Gasteiger partial charge is 0.353 e. The molecule has 1 aromatic rings. The Morgan fingerprint density at radius 1 is 1.35 bits per heavy atom. The molecule has 1 aliphatic rings. The van der Waals surface area contributed by atoms with Crippen molar-refractivity contribution in [2.75, 3.05) is 6.54 Å². The largest absolute Gasteiger partial charge is 0.534 e. The van der Waals surface area contributed by atoms with Gasteiger partial charge < -0.3 is 9.50 Å². The van der Waals surface area contributed by atoms with Gasteiger partial charge in [0, 0.05) is 12.1 Å². The topological polar surface area (TPSA) is 84.1 Å². The van der Waals surface area contributed by atoms with Gasteiger partial charge >= 0.3 is 15.6 Å². The summed E-state index contributed by atoms with van der Waals surface area (Å²) in [6.45, 7) is 0.909. The average Bonchev–Trinajstić information content (AvgIpc) is 2.60. The van der Waals surface area contributed by atoms with Gasteiger partial charge in [0.25, 0.3) is 5.88 Å². The molecule has 2 rings (SSSR count). The van der Waals surface area contributed by atoms with Crippen molar-refractivity contribution in [1.82, 2.24) is 15.5 Å². The lowest BCUT2D eigenvalue weighted by Gasteiger charge is -2.13. The number of aromatic amines is 1. The summed E-state index contributed by atoms with van der Waals surface area (Å²) in [5.41, 5.74) is -4.56. The third-order valence-electron chi connectivity index (χ3n) is 2.24. The summed E-state index contributed by atoms with van der Waals surface area (Å²) in [6.07, 6.45) is 0.356. The number of nitrogens with zero attached hydrogens (tertiary/aromatic N) is 1. The molecule has 6 nitrogen and oxygen atoms in total. The van der Waals surface area contributed by atoms with E-state index >= 15 is 0 Å². The van der Waals surface area contributed by atoms with E-state index in [9.17, 15) is 21.6 Å². The monoisotopic (exact) mass is 271 g/mol. The maximum atomic E-state index is 12.1. The fraction of sp³-hybridized carbons (Fsp3) is 0.571. The highest BCUT2D eigenvalue weighted by atomic mass is 32.2. The predicted octanol–water partition coefficient (Wildman–Crippen LogP) is 0.284. The second kappa shape index (κ2) is 3.88. The summed E-state index contributed by atoms with van der Waals surface area (Å²) in [4.78, 5) is 0. The second-order valence-corrected chi connectivity index (χ2v) is 4.93. The van der Waals surface area contributed by atoms with Gasteiger partial charge in [0.15, 0.2) is 0 Å². The lowest BCUT2D eigenvalue weighted by Crippen LogP contribution is -2.29. The quantitative estimate of drug-likeness (QED) is 0.596. The van der Waals surface area contributed by atoms with Crippen LogP contribution in [0.3, 0.4) is 0 Å². The van der Waals surface area contributed by atoms with Crippen LogP contribution in [-0.2, 0) is 23.1 Å². The molecule has 0 saturated heterocycles. The summed E-state index contributed by atoms with van der Waals surface area (Å²) in [6, 6.07) is 0. The van der Waals surface area contributed by atoms with E-state index in [0.29, 0.717) is 30.8 Å². The van der Waals surface area contributed by atoms with Crippen LogP contribution in [0.4, 0.5) is 13.2 Å². The summed E-state index contributed by atoms with van der Waals surface area (Å²) >= 11 is 0. The first-order valence-corrected chi connectivity index (χ1v) is 5.99. The van der Waals surface area contributed by atoms with Gasteiger partial charge in [-0.25, -0.2) is 0 Å². The fourth-order valence-electron chi connectivity index (χ4n) is 1.43. The number of hydrogen-bond acceptors (Lipinski definition) is 5. The zero-order chi connectivity index (χ0) is 12.7. The van der Waals surface area contributed by atoms with E-state index < -0.39 is 21.5 Å². The molecule has 10 heteroatoms. The van der Waals surface area contributed by atoms with Crippen LogP contribution in [0, 0.1) is 0 Å². The Morgan fingerprint density at radius 2 is 2.06 bits per heavy atom. The van der Waals surface area contributed by atoms with E-state index in [-0.39, 0.29) is 0 Å². The minimum absolute atomic E-state index is 0.356. The molecule has 2 N–H and O–H groups in total. The van der Waals surface area contributed by atoms with E-state index in [2.05, 4.69) is 19.7 Å². The van der Waals surface area contributed by atoms with E-state index in [1.165, 1.54) is 0 Å². The van der Waals surface area contributed by atoms with Gasteiger partial charge in [-0.2, -0.15) is 21.6 Å². The Bertz CT molecular complexity index is 522. The molecule has 0 fully saturated rings. The van der Waals surface area contributed by atoms with Crippen LogP contribution in [0.2, 0.25) is 0 Å². The number of alkyl halides is 3. The molecule has 0 saturated carbocycles. The second-order valence-electron chi connectivity index (χ2n) is 3.40. The van der Waals surface area contributed by atoms with Crippen molar-refractivity contribution in [3.05, 3.63) is 11.3 Å². The average molecular weight is 271 g/mol. The molecule has 96 valence electrons. The summed E-state index contributed by atoms with van der Waals surface area (Å²) in [5, 5.41) is 8.81. The van der Waals surface area contributed by atoms with Crippen LogP contribution in [0.25, 0.3) is 0 Å². The van der Waals surface area contributed by atoms with Gasteiger partial charge in [-0.1, -0.05) is 0 Å². The molecule has 17 heavy (non-hydrogen) atoms. The molecule has 2 heterocycles. The maximum Gasteiger partial charge on any atom is 0.534 e. The number of H-pyrrole nitrogens is 1. The number of hydrogen-bond donors (Lipinski definition) is 2. The summed E-state index contributed by atoms with van der Waals surface area (Å²) in [7, 11) is -5.66. The van der Waals surface area contributed by atoms with E-state index in [1.807, 2.05) is 0 Å². The van der Waals surface area contributed by atoms with Crippen molar-refractivity contribution >= 4 is 10.1 Å². The molecule has 0 amide bonds. The number of rotatable bonds is 2. The first-order chi connectivity index (χ1) is 7.81. The summed E-state index contributed by atoms with van der Waals surface area (Å²) in [5.74, 6) is -0.529. The first-order valence-electron chi connectivity index (χ1n) is 4.59. The lowest BCUT2D eigenvalue weighted by atomic mass is 10.1. The van der Waals surface area contributed by atoms with Gasteiger partial charge in [0.2, 0.25) is 0 Å². The summed E-state index contributed by atoms with van der Waals surface area (Å²) < 4.78 is 61.8. The van der Waals surface area contributed by atoms with Crippen LogP contribution in [0.1, 0.15) is 11.3 Å². The molecule has 0 bridgehead atoms. The number of nitrogens with one attached hydrogen (secondary N) is 2. The van der Waals surface area contributed by atoms with E-state index in [4.69, 9.17) is 0 Å². The van der Waals surface area contributed by atoms with Crippen molar-refractivity contribution in [3.63, 3.8) is 0 Å². The zero-order valence-corrected chi connectivity index (χ0v) is 9.15. The van der Waals surface area contributed by atoms with Crippen molar-refractivity contribution in [3.8, 4) is 5.88 Å². The van der Waals surface area contributed by atoms with E-state index in [1.54, 1.807) is 0 Å². The third-order valence-corrected chi connectivity index (χ3v) is 3.18. The molecule has 0 radical (unpaired) electrons. The molecule has 0 spiro atoms. The third kappa shape index (κ3) is 2.22. The minimum atomic E-state index is -5.66. The van der Waals surface area contributed by atoms with Crippen molar-refractivity contribution in [2.45, 2.75) is 18.5 Å². The van der Waals surface area contributed by atoms with Crippen LogP contribution in [0.5, 0.6) is 5.88 Å². The van der Waals surface area contributed by atoms with Crippen molar-refractivity contribution in [2.24, 2.45) is 0 Å². The Balaban J connectivity index is 2.29. The first kappa shape index (κ1) is 12.2. The molecular formula is C7H8F3N3O3S. The maximum absolute atomic E-state index is 12.1. The number of halogens is 3. The van der Waals surface area contributed by atoms with Gasteiger partial charge in [0.05, 0.1) is 5.69 Å². The minimum Gasteiger partial charge on any atom is -0.353 e. The normalized spacial score (nSPS) is 16.6. The zero-order valence-electron chi connectivity index (χ0n) is 8.34. The predicted molar refractivity (Wildman–Crippen MR) is 49.6 cm³/mol. The Labute approximate surface area is 94.3 Å². The molecular weight excluding hydrogens is 263 g/mol. The SMILES string of the molecule is O=S(=O)(Oc1n[nH]c2c1CCNC2)C(F)(F)F. The molecule has 1 aromatic heterocycles. The standard InChI is InChI=1S/C7H8F3N3O3S/c8-7(9,10)17(14,15)16-6-4-1-2-11-3-5(4)12-13-6/h11H,1-3H2,(H,12,13). The van der Waals surface area contributed by atoms with E-state index in [0.717, 1.165) is 0 Å². The van der Waals surface area contributed by atoms with Gasteiger partial charge in [-0.3, -0.25) is 5.10 Å². The number of fused-ring (bicyclic) bond motifs is 1. The number of aromatic nitrogens is 2. The molecule has 0 atom stereocenters. The van der Waals surface area contributed by atoms with Gasteiger partial charge in [-0.05, 0) is 13.0 Å². The fourth-order valence-corrected chi connectivity index (χ4v) is 1.87. The Morgan fingerprint density at radius 3 is 2.71 bits per heavy atom. The molecule has 0 aliphatic carbocycles. The van der Waals surface area contributed by atoms with Gasteiger partial charge in [0.1, 0.15) is 0 Å². The highest BCUT2D eigenvalue weighted by Gasteiger charge is 2.49. The lowest BCUT2D eigenvalue weighted by molar-refractivity contribution is -0.0501. The van der Waals surface area contributed by atoms with Crippen LogP contribution < -0.4 is 9.50 Å². The molecule has 0 unspecified atom stereocenters. The van der Waals surface area contributed by atoms with Crippen molar-refractivity contribution in [1.29, 1.82) is 0 Å².